The molecule has 0 saturated carbocycles. The van der Waals surface area contributed by atoms with E-state index in [4.69, 9.17) is 11.1 Å². The van der Waals surface area contributed by atoms with Gasteiger partial charge in [-0.1, -0.05) is 36.4 Å². The van der Waals surface area contributed by atoms with E-state index in [9.17, 15) is 0 Å². The zero-order chi connectivity index (χ0) is 15.5. The number of aromatic nitrogens is 1. The molecule has 1 aromatic heterocycles. The number of nitrogens with one attached hydrogen (secondary N) is 1. The van der Waals surface area contributed by atoms with Crippen LogP contribution in [-0.2, 0) is 0 Å². The number of nitrogen functional groups attached to an aromatic ring is 1. The smallest absolute Gasteiger partial charge is 0.143 e. The van der Waals surface area contributed by atoms with Crippen molar-refractivity contribution in [1.82, 2.24) is 4.98 Å². The van der Waals surface area contributed by atoms with Crippen molar-refractivity contribution in [2.75, 3.05) is 11.4 Å². The SMILES string of the molecule is CCN(c1ncccc1C(=N)N)c1cccc2ccccc12. The number of amidine groups is 1. The lowest BCUT2D eigenvalue weighted by Gasteiger charge is -2.25. The molecule has 3 N–H and O–H groups in total. The van der Waals surface area contributed by atoms with Crippen LogP contribution >= 0.6 is 0 Å². The van der Waals surface area contributed by atoms with Crippen LogP contribution in [0.1, 0.15) is 12.5 Å². The Bertz CT molecular complexity index is 821. The van der Waals surface area contributed by atoms with E-state index in [0.29, 0.717) is 11.4 Å². The van der Waals surface area contributed by atoms with Crippen molar-refractivity contribution in [3.05, 3.63) is 66.4 Å². The molecule has 0 aliphatic heterocycles. The molecule has 22 heavy (non-hydrogen) atoms. The number of hydrogen-bond acceptors (Lipinski definition) is 3. The van der Waals surface area contributed by atoms with E-state index in [1.54, 1.807) is 12.3 Å². The molecule has 0 fully saturated rings. The van der Waals surface area contributed by atoms with Gasteiger partial charge in [-0.15, -0.1) is 0 Å². The second-order valence-corrected chi connectivity index (χ2v) is 5.03. The molecule has 110 valence electrons. The number of fused-ring (bicyclic) bond motifs is 1. The zero-order valence-electron chi connectivity index (χ0n) is 12.5. The van der Waals surface area contributed by atoms with Crippen molar-refractivity contribution in [1.29, 1.82) is 5.41 Å². The molecular weight excluding hydrogens is 272 g/mol. The van der Waals surface area contributed by atoms with E-state index < -0.39 is 0 Å². The van der Waals surface area contributed by atoms with Crippen LogP contribution in [0.25, 0.3) is 10.8 Å². The van der Waals surface area contributed by atoms with Crippen molar-refractivity contribution in [2.45, 2.75) is 6.92 Å². The molecule has 0 bridgehead atoms. The predicted octanol–water partition coefficient (Wildman–Crippen LogP) is 3.68. The van der Waals surface area contributed by atoms with Gasteiger partial charge in [0, 0.05) is 18.1 Å². The summed E-state index contributed by atoms with van der Waals surface area (Å²) < 4.78 is 0. The summed E-state index contributed by atoms with van der Waals surface area (Å²) >= 11 is 0. The van der Waals surface area contributed by atoms with E-state index in [-0.39, 0.29) is 5.84 Å². The van der Waals surface area contributed by atoms with Crippen molar-refractivity contribution < 1.29 is 0 Å². The standard InChI is InChI=1S/C18H18N4/c1-2-22(18-15(17(19)20)10-6-12-21-18)16-11-5-8-13-7-3-4-9-14(13)16/h3-12H,2H2,1H3,(H3,19,20). The van der Waals surface area contributed by atoms with Gasteiger partial charge in [-0.05, 0) is 30.5 Å². The summed E-state index contributed by atoms with van der Waals surface area (Å²) in [7, 11) is 0. The van der Waals surface area contributed by atoms with Crippen LogP contribution in [0, 0.1) is 5.41 Å². The number of benzene rings is 2. The summed E-state index contributed by atoms with van der Waals surface area (Å²) in [5.74, 6) is 0.746. The lowest BCUT2D eigenvalue weighted by molar-refractivity contribution is 0.991. The maximum atomic E-state index is 7.78. The molecule has 0 spiro atoms. The van der Waals surface area contributed by atoms with Gasteiger partial charge in [-0.25, -0.2) is 4.98 Å². The molecular formula is C18H18N4. The zero-order valence-corrected chi connectivity index (χ0v) is 12.5. The van der Waals surface area contributed by atoms with Gasteiger partial charge in [0.1, 0.15) is 11.7 Å². The Morgan fingerprint density at radius 2 is 1.86 bits per heavy atom. The largest absolute Gasteiger partial charge is 0.384 e. The molecule has 0 amide bonds. The van der Waals surface area contributed by atoms with E-state index in [1.807, 2.05) is 24.3 Å². The molecule has 2 aromatic carbocycles. The lowest BCUT2D eigenvalue weighted by Crippen LogP contribution is -2.23. The summed E-state index contributed by atoms with van der Waals surface area (Å²) in [6.45, 7) is 2.81. The number of hydrogen-bond donors (Lipinski definition) is 2. The summed E-state index contributed by atoms with van der Waals surface area (Å²) in [6.07, 6.45) is 1.73. The fourth-order valence-electron chi connectivity index (χ4n) is 2.70. The highest BCUT2D eigenvalue weighted by Crippen LogP contribution is 2.32. The molecule has 3 aromatic rings. The first-order chi connectivity index (χ1) is 10.7. The normalized spacial score (nSPS) is 10.6. The molecule has 0 saturated heterocycles. The maximum absolute atomic E-state index is 7.78. The Morgan fingerprint density at radius 1 is 1.09 bits per heavy atom. The second-order valence-electron chi connectivity index (χ2n) is 5.03. The Hall–Kier alpha value is -2.88. The molecule has 4 heteroatoms. The van der Waals surface area contributed by atoms with Crippen molar-refractivity contribution in [3.8, 4) is 0 Å². The average Bonchev–Trinajstić information content (AvgIpc) is 2.56. The van der Waals surface area contributed by atoms with Crippen molar-refractivity contribution >= 4 is 28.1 Å². The van der Waals surface area contributed by atoms with Gasteiger partial charge in [-0.3, -0.25) is 5.41 Å². The van der Waals surface area contributed by atoms with Crippen LogP contribution in [0.3, 0.4) is 0 Å². The first-order valence-electron chi connectivity index (χ1n) is 7.27. The van der Waals surface area contributed by atoms with Gasteiger partial charge in [0.05, 0.1) is 11.3 Å². The Labute approximate surface area is 129 Å². The summed E-state index contributed by atoms with van der Waals surface area (Å²) in [4.78, 5) is 6.56. The van der Waals surface area contributed by atoms with Crippen LogP contribution in [-0.4, -0.2) is 17.4 Å². The minimum atomic E-state index is 0.0294. The van der Waals surface area contributed by atoms with E-state index in [1.165, 1.54) is 5.39 Å². The Kier molecular flexibility index (Phi) is 3.74. The molecule has 1 heterocycles. The van der Waals surface area contributed by atoms with Gasteiger partial charge >= 0.3 is 0 Å². The van der Waals surface area contributed by atoms with Gasteiger partial charge in [0.15, 0.2) is 0 Å². The quantitative estimate of drug-likeness (QED) is 0.569. The summed E-state index contributed by atoms with van der Waals surface area (Å²) in [5.41, 5.74) is 7.44. The molecule has 0 unspecified atom stereocenters. The van der Waals surface area contributed by atoms with Gasteiger partial charge in [-0.2, -0.15) is 0 Å². The van der Waals surface area contributed by atoms with Crippen molar-refractivity contribution in [3.63, 3.8) is 0 Å². The fraction of sp³-hybridized carbons (Fsp3) is 0.111. The molecule has 4 nitrogen and oxygen atoms in total. The van der Waals surface area contributed by atoms with Gasteiger partial charge < -0.3 is 10.6 Å². The van der Waals surface area contributed by atoms with Crippen LogP contribution in [0.4, 0.5) is 11.5 Å². The van der Waals surface area contributed by atoms with Crippen LogP contribution in [0.5, 0.6) is 0 Å². The number of nitrogens with zero attached hydrogens (tertiary/aromatic N) is 2. The van der Waals surface area contributed by atoms with E-state index in [0.717, 1.165) is 17.6 Å². The third kappa shape index (κ3) is 2.39. The highest BCUT2D eigenvalue weighted by molar-refractivity contribution is 6.02. The molecule has 0 aliphatic carbocycles. The Morgan fingerprint density at radius 3 is 2.64 bits per heavy atom. The van der Waals surface area contributed by atoms with Crippen molar-refractivity contribution in [2.24, 2.45) is 5.73 Å². The fourth-order valence-corrected chi connectivity index (χ4v) is 2.70. The monoisotopic (exact) mass is 290 g/mol. The first kappa shape index (κ1) is 14.1. The molecule has 0 aliphatic rings. The highest BCUT2D eigenvalue weighted by Gasteiger charge is 2.16. The maximum Gasteiger partial charge on any atom is 0.143 e. The van der Waals surface area contributed by atoms with Gasteiger partial charge in [0.25, 0.3) is 0 Å². The summed E-state index contributed by atoms with van der Waals surface area (Å²) in [5, 5.41) is 10.1. The molecule has 0 radical (unpaired) electrons. The highest BCUT2D eigenvalue weighted by atomic mass is 15.2. The van der Waals surface area contributed by atoms with Gasteiger partial charge in [0.2, 0.25) is 0 Å². The molecule has 0 atom stereocenters. The van der Waals surface area contributed by atoms with Crippen LogP contribution in [0.15, 0.2) is 60.8 Å². The third-order valence-electron chi connectivity index (χ3n) is 3.71. The van der Waals surface area contributed by atoms with Crippen LogP contribution in [0.2, 0.25) is 0 Å². The summed E-state index contributed by atoms with van der Waals surface area (Å²) in [6, 6.07) is 18.1. The number of nitrogens with two attached hydrogens (primary N) is 1. The first-order valence-corrected chi connectivity index (χ1v) is 7.27. The minimum absolute atomic E-state index is 0.0294. The molecule has 3 rings (SSSR count). The van der Waals surface area contributed by atoms with Crippen LogP contribution < -0.4 is 10.6 Å². The average molecular weight is 290 g/mol. The number of anilines is 2. The second kappa shape index (κ2) is 5.85. The minimum Gasteiger partial charge on any atom is -0.384 e. The lowest BCUT2D eigenvalue weighted by atomic mass is 10.1. The Balaban J connectivity index is 2.21. The number of rotatable bonds is 4. The van der Waals surface area contributed by atoms with E-state index in [2.05, 4.69) is 41.1 Å². The predicted molar refractivity (Wildman–Crippen MR) is 91.9 cm³/mol. The third-order valence-corrected chi connectivity index (χ3v) is 3.71. The number of pyridine rings is 1. The van der Waals surface area contributed by atoms with E-state index >= 15 is 0 Å². The topological polar surface area (TPSA) is 66.0 Å².